The van der Waals surface area contributed by atoms with Crippen molar-refractivity contribution >= 4 is 16.1 Å². The third-order valence-electron chi connectivity index (χ3n) is 4.58. The van der Waals surface area contributed by atoms with E-state index in [4.69, 9.17) is 4.74 Å². The lowest BCUT2D eigenvalue weighted by molar-refractivity contribution is -0.125. The number of hydrogen-bond donors (Lipinski definition) is 2. The molecule has 2 atom stereocenters. The summed E-state index contributed by atoms with van der Waals surface area (Å²) in [5.41, 5.74) is 1.62. The van der Waals surface area contributed by atoms with Gasteiger partial charge in [0.05, 0.1) is 7.11 Å². The number of nitrogens with zero attached hydrogens (tertiary/aromatic N) is 2. The van der Waals surface area contributed by atoms with Crippen LogP contribution in [0.15, 0.2) is 48.8 Å². The lowest BCUT2D eigenvalue weighted by atomic mass is 9.99. The van der Waals surface area contributed by atoms with E-state index in [1.165, 1.54) is 7.05 Å². The minimum atomic E-state index is -3.77. The summed E-state index contributed by atoms with van der Waals surface area (Å²) in [6, 6.07) is 9.44. The number of amides is 1. The van der Waals surface area contributed by atoms with E-state index in [9.17, 15) is 13.2 Å². The Kier molecular flexibility index (Phi) is 5.73. The van der Waals surface area contributed by atoms with E-state index < -0.39 is 22.3 Å². The van der Waals surface area contributed by atoms with Crippen LogP contribution in [0.1, 0.15) is 23.6 Å². The molecule has 1 aliphatic rings. The lowest BCUT2D eigenvalue weighted by Gasteiger charge is -2.36. The van der Waals surface area contributed by atoms with Crippen LogP contribution < -0.4 is 14.8 Å². The Balaban J connectivity index is 1.75. The van der Waals surface area contributed by atoms with Crippen molar-refractivity contribution in [3.63, 3.8) is 0 Å². The molecule has 0 aliphatic carbocycles. The zero-order chi connectivity index (χ0) is 19.4. The molecule has 1 saturated heterocycles. The number of likely N-dealkylation sites (N-methyl/N-ethyl adjacent to an activating group) is 1. The maximum Gasteiger partial charge on any atom is 0.280 e. The molecule has 2 N–H and O–H groups in total. The predicted octanol–water partition coefficient (Wildman–Crippen LogP) is 0.986. The second-order valence-corrected chi connectivity index (χ2v) is 8.06. The fraction of sp³-hybridized carbons (Fsp3) is 0.333. The van der Waals surface area contributed by atoms with Crippen molar-refractivity contribution < 1.29 is 17.9 Å². The molecule has 0 spiro atoms. The van der Waals surface area contributed by atoms with Gasteiger partial charge in [-0.15, -0.1) is 0 Å². The highest BCUT2D eigenvalue weighted by Crippen LogP contribution is 2.28. The molecule has 0 unspecified atom stereocenters. The smallest absolute Gasteiger partial charge is 0.280 e. The number of ether oxygens (including phenoxy) is 1. The molecule has 1 aromatic heterocycles. The van der Waals surface area contributed by atoms with Gasteiger partial charge in [0.15, 0.2) is 0 Å². The Morgan fingerprint density at radius 1 is 1.33 bits per heavy atom. The first-order valence-corrected chi connectivity index (χ1v) is 9.90. The number of pyridine rings is 1. The topological polar surface area (TPSA) is 101 Å². The van der Waals surface area contributed by atoms with E-state index in [0.29, 0.717) is 12.2 Å². The van der Waals surface area contributed by atoms with E-state index in [-0.39, 0.29) is 12.5 Å². The molecular weight excluding hydrogens is 368 g/mol. The summed E-state index contributed by atoms with van der Waals surface area (Å²) < 4.78 is 33.8. The van der Waals surface area contributed by atoms with Gasteiger partial charge in [-0.1, -0.05) is 18.2 Å². The van der Waals surface area contributed by atoms with Gasteiger partial charge in [0.25, 0.3) is 10.2 Å². The second kappa shape index (κ2) is 8.03. The summed E-state index contributed by atoms with van der Waals surface area (Å²) >= 11 is 0. The van der Waals surface area contributed by atoms with Crippen molar-refractivity contribution in [2.24, 2.45) is 0 Å². The number of methoxy groups -OCH3 is 1. The monoisotopic (exact) mass is 390 g/mol. The fourth-order valence-corrected chi connectivity index (χ4v) is 4.25. The summed E-state index contributed by atoms with van der Waals surface area (Å²) in [7, 11) is -0.804. The molecule has 3 rings (SSSR count). The van der Waals surface area contributed by atoms with E-state index in [0.717, 1.165) is 15.4 Å². The SMILES string of the molecule is COc1ccc([C@H]2C[C@H](C(=O)NCc3cccnc3)N(C)S(=O)(=O)N2)cc1. The molecule has 1 aliphatic heterocycles. The van der Waals surface area contributed by atoms with E-state index in [1.807, 2.05) is 6.07 Å². The molecule has 1 fully saturated rings. The van der Waals surface area contributed by atoms with Gasteiger partial charge in [0, 0.05) is 32.0 Å². The normalized spacial score (nSPS) is 22.1. The minimum Gasteiger partial charge on any atom is -0.497 e. The predicted molar refractivity (Wildman–Crippen MR) is 100 cm³/mol. The third-order valence-corrected chi connectivity index (χ3v) is 6.17. The van der Waals surface area contributed by atoms with Crippen LogP contribution in [-0.2, 0) is 21.5 Å². The van der Waals surface area contributed by atoms with Crippen LogP contribution in [0.5, 0.6) is 5.75 Å². The van der Waals surface area contributed by atoms with Crippen LogP contribution in [0.25, 0.3) is 0 Å². The average Bonchev–Trinajstić information content (AvgIpc) is 2.69. The molecule has 1 aromatic carbocycles. The van der Waals surface area contributed by atoms with Crippen LogP contribution in [0.3, 0.4) is 0 Å². The van der Waals surface area contributed by atoms with E-state index >= 15 is 0 Å². The maximum atomic E-state index is 12.7. The van der Waals surface area contributed by atoms with Gasteiger partial charge in [0.2, 0.25) is 5.91 Å². The molecule has 2 aromatic rings. The number of hydrogen-bond acceptors (Lipinski definition) is 5. The van der Waals surface area contributed by atoms with Crippen molar-refractivity contribution in [2.45, 2.75) is 25.0 Å². The fourth-order valence-electron chi connectivity index (χ4n) is 2.97. The summed E-state index contributed by atoms with van der Waals surface area (Å²) in [4.78, 5) is 16.7. The van der Waals surface area contributed by atoms with Crippen molar-refractivity contribution in [2.75, 3.05) is 14.2 Å². The number of carbonyl (C=O) groups is 1. The number of rotatable bonds is 5. The van der Waals surface area contributed by atoms with Crippen molar-refractivity contribution in [1.82, 2.24) is 19.3 Å². The van der Waals surface area contributed by atoms with Crippen LogP contribution >= 0.6 is 0 Å². The van der Waals surface area contributed by atoms with E-state index in [1.54, 1.807) is 49.8 Å². The Hall–Kier alpha value is -2.49. The lowest BCUT2D eigenvalue weighted by Crippen LogP contribution is -2.57. The maximum absolute atomic E-state index is 12.7. The standard InChI is InChI=1S/C18H22N4O4S/c1-22-17(18(23)20-12-13-4-3-9-19-11-13)10-16(21-27(22,24)25)14-5-7-15(26-2)8-6-14/h3-9,11,16-17,21H,10,12H2,1-2H3,(H,20,23)/t16-,17-/m1/s1. The van der Waals surface area contributed by atoms with Crippen molar-refractivity contribution in [3.05, 3.63) is 59.9 Å². The Morgan fingerprint density at radius 3 is 2.70 bits per heavy atom. The van der Waals surface area contributed by atoms with E-state index in [2.05, 4.69) is 15.0 Å². The van der Waals surface area contributed by atoms with Crippen molar-refractivity contribution in [3.8, 4) is 5.75 Å². The number of carbonyl (C=O) groups excluding carboxylic acids is 1. The van der Waals surface area contributed by atoms with Crippen molar-refractivity contribution in [1.29, 1.82) is 0 Å². The minimum absolute atomic E-state index is 0.289. The highest BCUT2D eigenvalue weighted by atomic mass is 32.2. The molecule has 0 radical (unpaired) electrons. The first-order chi connectivity index (χ1) is 12.9. The number of benzene rings is 1. The third kappa shape index (κ3) is 4.44. The number of nitrogens with one attached hydrogen (secondary N) is 2. The first kappa shape index (κ1) is 19.3. The second-order valence-electron chi connectivity index (χ2n) is 6.30. The zero-order valence-corrected chi connectivity index (χ0v) is 15.9. The van der Waals surface area contributed by atoms with Crippen LogP contribution in [-0.4, -0.2) is 43.8 Å². The zero-order valence-electron chi connectivity index (χ0n) is 15.1. The first-order valence-electron chi connectivity index (χ1n) is 8.46. The highest BCUT2D eigenvalue weighted by molar-refractivity contribution is 7.87. The molecule has 27 heavy (non-hydrogen) atoms. The van der Waals surface area contributed by atoms with Gasteiger partial charge >= 0.3 is 0 Å². The molecule has 2 heterocycles. The van der Waals surface area contributed by atoms with Gasteiger partial charge in [-0.25, -0.2) is 0 Å². The van der Waals surface area contributed by atoms with Crippen LogP contribution in [0.4, 0.5) is 0 Å². The Bertz CT molecular complexity index is 887. The van der Waals surface area contributed by atoms with Gasteiger partial charge in [-0.3, -0.25) is 9.78 Å². The van der Waals surface area contributed by atoms with Gasteiger partial charge < -0.3 is 10.1 Å². The van der Waals surface area contributed by atoms with Crippen LogP contribution in [0.2, 0.25) is 0 Å². The molecule has 0 bridgehead atoms. The van der Waals surface area contributed by atoms with Gasteiger partial charge in [-0.05, 0) is 35.7 Å². The Morgan fingerprint density at radius 2 is 2.07 bits per heavy atom. The number of aromatic nitrogens is 1. The van der Waals surface area contributed by atoms with Gasteiger partial charge in [-0.2, -0.15) is 17.4 Å². The Labute approximate surface area is 158 Å². The summed E-state index contributed by atoms with van der Waals surface area (Å²) in [6.07, 6.45) is 3.63. The molecule has 1 amide bonds. The summed E-state index contributed by atoms with van der Waals surface area (Å²) in [5, 5.41) is 2.79. The molecule has 0 saturated carbocycles. The molecule has 9 heteroatoms. The molecule has 144 valence electrons. The largest absolute Gasteiger partial charge is 0.497 e. The summed E-state index contributed by atoms with van der Waals surface area (Å²) in [5.74, 6) is 0.338. The summed E-state index contributed by atoms with van der Waals surface area (Å²) in [6.45, 7) is 0.289. The molecular formula is C18H22N4O4S. The van der Waals surface area contributed by atoms with Crippen LogP contribution in [0, 0.1) is 0 Å². The molecule has 8 nitrogen and oxygen atoms in total. The highest BCUT2D eigenvalue weighted by Gasteiger charge is 2.40. The quantitative estimate of drug-likeness (QED) is 0.793. The average molecular weight is 390 g/mol. The van der Waals surface area contributed by atoms with Gasteiger partial charge in [0.1, 0.15) is 11.8 Å².